The Balaban J connectivity index is 1.69. The molecule has 3 rings (SSSR count). The number of hydrogen-bond donors (Lipinski definition) is 1. The molecule has 0 spiro atoms. The molecule has 1 N–H and O–H groups in total. The SMILES string of the molecule is O=C(Nc1ccc(Cl)cc1Cl)c1cccc(OCc2ccccc2)c1. The number of ether oxygens (including phenoxy) is 1. The smallest absolute Gasteiger partial charge is 0.255 e. The third-order valence-electron chi connectivity index (χ3n) is 3.52. The molecule has 0 aromatic heterocycles. The van der Waals surface area contributed by atoms with E-state index in [9.17, 15) is 4.79 Å². The summed E-state index contributed by atoms with van der Waals surface area (Å²) in [5, 5.41) is 3.67. The summed E-state index contributed by atoms with van der Waals surface area (Å²) in [4.78, 5) is 12.4. The Kier molecular flexibility index (Phi) is 5.59. The number of nitrogens with one attached hydrogen (secondary N) is 1. The fraction of sp³-hybridized carbons (Fsp3) is 0.0500. The highest BCUT2D eigenvalue weighted by Crippen LogP contribution is 2.26. The Hall–Kier alpha value is -2.49. The van der Waals surface area contributed by atoms with E-state index >= 15 is 0 Å². The van der Waals surface area contributed by atoms with Crippen LogP contribution < -0.4 is 10.1 Å². The quantitative estimate of drug-likeness (QED) is 0.612. The summed E-state index contributed by atoms with van der Waals surface area (Å²) >= 11 is 11.9. The maximum Gasteiger partial charge on any atom is 0.255 e. The minimum Gasteiger partial charge on any atom is -0.489 e. The molecule has 0 bridgehead atoms. The van der Waals surface area contributed by atoms with E-state index in [4.69, 9.17) is 27.9 Å². The van der Waals surface area contributed by atoms with Crippen molar-refractivity contribution in [1.29, 1.82) is 0 Å². The van der Waals surface area contributed by atoms with Crippen LogP contribution in [0.15, 0.2) is 72.8 Å². The van der Waals surface area contributed by atoms with Gasteiger partial charge in [0, 0.05) is 10.6 Å². The van der Waals surface area contributed by atoms with Gasteiger partial charge in [-0.05, 0) is 42.0 Å². The molecule has 25 heavy (non-hydrogen) atoms. The zero-order valence-corrected chi connectivity index (χ0v) is 14.7. The first-order valence-electron chi connectivity index (χ1n) is 7.65. The number of anilines is 1. The predicted octanol–water partition coefficient (Wildman–Crippen LogP) is 5.82. The lowest BCUT2D eigenvalue weighted by atomic mass is 10.2. The lowest BCUT2D eigenvalue weighted by Crippen LogP contribution is -2.12. The fourth-order valence-corrected chi connectivity index (χ4v) is 2.71. The van der Waals surface area contributed by atoms with Crippen LogP contribution >= 0.6 is 23.2 Å². The fourth-order valence-electron chi connectivity index (χ4n) is 2.25. The van der Waals surface area contributed by atoms with Crippen molar-refractivity contribution in [1.82, 2.24) is 0 Å². The topological polar surface area (TPSA) is 38.3 Å². The molecule has 1 amide bonds. The van der Waals surface area contributed by atoms with Gasteiger partial charge in [0.1, 0.15) is 12.4 Å². The van der Waals surface area contributed by atoms with Gasteiger partial charge in [-0.15, -0.1) is 0 Å². The van der Waals surface area contributed by atoms with Crippen LogP contribution in [0, 0.1) is 0 Å². The highest BCUT2D eigenvalue weighted by molar-refractivity contribution is 6.36. The Morgan fingerprint density at radius 3 is 2.48 bits per heavy atom. The summed E-state index contributed by atoms with van der Waals surface area (Å²) < 4.78 is 5.75. The normalized spacial score (nSPS) is 10.3. The van der Waals surface area contributed by atoms with Crippen LogP contribution in [0.3, 0.4) is 0 Å². The molecule has 0 saturated carbocycles. The molecule has 0 aliphatic carbocycles. The van der Waals surface area contributed by atoms with Gasteiger partial charge in [-0.25, -0.2) is 0 Å². The zero-order valence-electron chi connectivity index (χ0n) is 13.2. The van der Waals surface area contributed by atoms with Gasteiger partial charge in [0.2, 0.25) is 0 Å². The second-order valence-electron chi connectivity index (χ2n) is 5.38. The van der Waals surface area contributed by atoms with Crippen molar-refractivity contribution in [2.24, 2.45) is 0 Å². The van der Waals surface area contributed by atoms with Crippen molar-refractivity contribution < 1.29 is 9.53 Å². The molecule has 3 nitrogen and oxygen atoms in total. The molecule has 3 aromatic rings. The first-order valence-corrected chi connectivity index (χ1v) is 8.40. The first-order chi connectivity index (χ1) is 12.1. The Labute approximate surface area is 156 Å². The van der Waals surface area contributed by atoms with E-state index in [-0.39, 0.29) is 5.91 Å². The van der Waals surface area contributed by atoms with Crippen LogP contribution in [0.4, 0.5) is 5.69 Å². The van der Waals surface area contributed by atoms with Gasteiger partial charge in [0.25, 0.3) is 5.91 Å². The van der Waals surface area contributed by atoms with Crippen molar-refractivity contribution in [2.75, 3.05) is 5.32 Å². The lowest BCUT2D eigenvalue weighted by molar-refractivity contribution is 0.102. The third-order valence-corrected chi connectivity index (χ3v) is 4.07. The Morgan fingerprint density at radius 1 is 0.920 bits per heavy atom. The van der Waals surface area contributed by atoms with Crippen molar-refractivity contribution in [3.05, 3.63) is 94.0 Å². The summed E-state index contributed by atoms with van der Waals surface area (Å²) in [5.41, 5.74) is 2.05. The van der Waals surface area contributed by atoms with Crippen molar-refractivity contribution in [2.45, 2.75) is 6.61 Å². The molecule has 126 valence electrons. The van der Waals surface area contributed by atoms with E-state index in [0.717, 1.165) is 5.56 Å². The van der Waals surface area contributed by atoms with Crippen molar-refractivity contribution in [3.8, 4) is 5.75 Å². The van der Waals surface area contributed by atoms with E-state index in [0.29, 0.717) is 33.7 Å². The molecule has 3 aromatic carbocycles. The van der Waals surface area contributed by atoms with Crippen LogP contribution in [0.1, 0.15) is 15.9 Å². The van der Waals surface area contributed by atoms with Gasteiger partial charge in [0.05, 0.1) is 10.7 Å². The lowest BCUT2D eigenvalue weighted by Gasteiger charge is -2.10. The van der Waals surface area contributed by atoms with E-state index in [1.54, 1.807) is 36.4 Å². The molecule has 0 fully saturated rings. The predicted molar refractivity (Wildman–Crippen MR) is 102 cm³/mol. The van der Waals surface area contributed by atoms with E-state index in [2.05, 4.69) is 5.32 Å². The number of rotatable bonds is 5. The summed E-state index contributed by atoms with van der Waals surface area (Å²) in [5.74, 6) is 0.355. The number of amides is 1. The molecule has 0 radical (unpaired) electrons. The molecule has 0 saturated heterocycles. The average molecular weight is 372 g/mol. The average Bonchev–Trinajstić information content (AvgIpc) is 2.63. The van der Waals surface area contributed by atoms with E-state index < -0.39 is 0 Å². The van der Waals surface area contributed by atoms with Crippen LogP contribution in [0.2, 0.25) is 10.0 Å². The van der Waals surface area contributed by atoms with Gasteiger partial charge in [-0.3, -0.25) is 4.79 Å². The van der Waals surface area contributed by atoms with Crippen LogP contribution in [-0.4, -0.2) is 5.91 Å². The van der Waals surface area contributed by atoms with Crippen LogP contribution in [-0.2, 0) is 6.61 Å². The minimum absolute atomic E-state index is 0.269. The Morgan fingerprint density at radius 2 is 1.72 bits per heavy atom. The minimum atomic E-state index is -0.269. The number of benzene rings is 3. The largest absolute Gasteiger partial charge is 0.489 e. The molecular formula is C20H15Cl2NO2. The monoisotopic (exact) mass is 371 g/mol. The maximum atomic E-state index is 12.4. The van der Waals surface area contributed by atoms with Gasteiger partial charge in [0.15, 0.2) is 0 Å². The summed E-state index contributed by atoms with van der Waals surface area (Å²) in [6.45, 7) is 0.439. The number of halogens is 2. The molecule has 0 aliphatic rings. The van der Waals surface area contributed by atoms with E-state index in [1.165, 1.54) is 0 Å². The molecular weight excluding hydrogens is 357 g/mol. The second kappa shape index (κ2) is 8.06. The van der Waals surface area contributed by atoms with Gasteiger partial charge in [-0.1, -0.05) is 59.6 Å². The van der Waals surface area contributed by atoms with Crippen molar-refractivity contribution in [3.63, 3.8) is 0 Å². The molecule has 0 unspecified atom stereocenters. The highest BCUT2D eigenvalue weighted by Gasteiger charge is 2.10. The first kappa shape index (κ1) is 17.3. The molecule has 0 atom stereocenters. The summed E-state index contributed by atoms with van der Waals surface area (Å²) in [7, 11) is 0. The second-order valence-corrected chi connectivity index (χ2v) is 6.22. The maximum absolute atomic E-state index is 12.4. The summed E-state index contributed by atoms with van der Waals surface area (Å²) in [6.07, 6.45) is 0. The third kappa shape index (κ3) is 4.75. The van der Waals surface area contributed by atoms with E-state index in [1.807, 2.05) is 36.4 Å². The van der Waals surface area contributed by atoms with Gasteiger partial charge >= 0.3 is 0 Å². The van der Waals surface area contributed by atoms with Crippen LogP contribution in [0.5, 0.6) is 5.75 Å². The molecule has 0 heterocycles. The Bertz CT molecular complexity index is 882. The zero-order chi connectivity index (χ0) is 17.6. The standard InChI is InChI=1S/C20H15Cl2NO2/c21-16-9-10-19(18(22)12-16)23-20(24)15-7-4-8-17(11-15)25-13-14-5-2-1-3-6-14/h1-12H,13H2,(H,23,24). The molecule has 5 heteroatoms. The number of carbonyl (C=O) groups excluding carboxylic acids is 1. The number of hydrogen-bond acceptors (Lipinski definition) is 2. The van der Waals surface area contributed by atoms with Gasteiger partial charge in [-0.2, -0.15) is 0 Å². The van der Waals surface area contributed by atoms with Crippen molar-refractivity contribution >= 4 is 34.8 Å². The highest BCUT2D eigenvalue weighted by atomic mass is 35.5. The molecule has 0 aliphatic heterocycles. The van der Waals surface area contributed by atoms with Gasteiger partial charge < -0.3 is 10.1 Å². The van der Waals surface area contributed by atoms with Crippen LogP contribution in [0.25, 0.3) is 0 Å². The number of carbonyl (C=O) groups is 1. The summed E-state index contributed by atoms with van der Waals surface area (Å²) in [6, 6.07) is 21.8.